The summed E-state index contributed by atoms with van der Waals surface area (Å²) in [5, 5.41) is 9.60. The van der Waals surface area contributed by atoms with E-state index in [0.29, 0.717) is 28.7 Å². The van der Waals surface area contributed by atoms with E-state index in [1.165, 1.54) is 0 Å². The molecule has 10 nitrogen and oxygen atoms in total. The third kappa shape index (κ3) is 8.16. The van der Waals surface area contributed by atoms with E-state index in [2.05, 4.69) is 6.07 Å². The van der Waals surface area contributed by atoms with Crippen LogP contribution < -0.4 is 22.6 Å². The second-order valence-corrected chi connectivity index (χ2v) is 16.8. The summed E-state index contributed by atoms with van der Waals surface area (Å²) < 4.78 is 51.4. The average molecular weight is 684 g/mol. The van der Waals surface area contributed by atoms with Crippen molar-refractivity contribution in [3.8, 4) is 34.8 Å². The Labute approximate surface area is 274 Å². The largest absolute Gasteiger partial charge is 0.459 e. The summed E-state index contributed by atoms with van der Waals surface area (Å²) in [5.41, 5.74) is 0. The zero-order valence-electron chi connectivity index (χ0n) is 25.5. The first-order valence-electron chi connectivity index (χ1n) is 14.7. The molecule has 0 amide bonds. The molecule has 0 saturated carbocycles. The van der Waals surface area contributed by atoms with Gasteiger partial charge in [0.1, 0.15) is 28.7 Å². The smallest absolute Gasteiger partial charge is 0.430 e. The minimum atomic E-state index is -3.82. The first-order valence-corrected chi connectivity index (χ1v) is 19.4. The lowest BCUT2D eigenvalue weighted by atomic mass is 10.3. The number of rotatable bonds is 13. The fourth-order valence-corrected chi connectivity index (χ4v) is 14.4. The molecule has 0 bridgehead atoms. The fraction of sp³-hybridized carbons (Fsp3) is 0.0882. The van der Waals surface area contributed by atoms with E-state index in [1.54, 1.807) is 48.5 Å². The number of hydrogen-bond acceptors (Lipinski definition) is 10. The zero-order chi connectivity index (χ0) is 32.4. The van der Waals surface area contributed by atoms with Gasteiger partial charge < -0.3 is 22.6 Å². The van der Waals surface area contributed by atoms with Crippen LogP contribution in [0.1, 0.15) is 6.42 Å². The van der Waals surface area contributed by atoms with Gasteiger partial charge in [0.05, 0.1) is 6.07 Å². The first-order chi connectivity index (χ1) is 23.0. The summed E-state index contributed by atoms with van der Waals surface area (Å²) in [5.74, 6) is 2.40. The van der Waals surface area contributed by atoms with E-state index in [4.69, 9.17) is 36.2 Å². The highest BCUT2D eigenvalue weighted by Crippen LogP contribution is 2.79. The lowest BCUT2D eigenvalue weighted by molar-refractivity contribution is 0.441. The molecule has 47 heavy (non-hydrogen) atoms. The van der Waals surface area contributed by atoms with Crippen LogP contribution in [-0.2, 0) is 0 Å². The van der Waals surface area contributed by atoms with Gasteiger partial charge in [-0.3, -0.25) is 0 Å². The summed E-state index contributed by atoms with van der Waals surface area (Å²) in [6, 6.07) is 48.3. The Bertz CT molecular complexity index is 1800. The molecule has 13 heteroatoms. The van der Waals surface area contributed by atoms with Gasteiger partial charge in [-0.1, -0.05) is 95.5 Å². The number of para-hydroxylation sites is 5. The van der Waals surface area contributed by atoms with Crippen molar-refractivity contribution in [1.29, 1.82) is 5.26 Å². The maximum atomic E-state index is 9.60. The Morgan fingerprint density at radius 1 is 0.489 bits per heavy atom. The molecule has 0 aromatic heterocycles. The monoisotopic (exact) mass is 683 g/mol. The molecule has 5 aromatic carbocycles. The molecule has 1 aliphatic rings. The SMILES string of the molecule is CN(CCC#N)P1(Oc2ccccc2)=NP(Oc2ccccc2)(Oc2ccccc2)=NP(Oc2ccccc2)(Oc2ccccc2)=N1. The Hall–Kier alpha value is -4.76. The summed E-state index contributed by atoms with van der Waals surface area (Å²) in [6.07, 6.45) is 0.188. The van der Waals surface area contributed by atoms with Gasteiger partial charge in [-0.05, 0) is 67.7 Å². The summed E-state index contributed by atoms with van der Waals surface area (Å²) >= 11 is 0. The van der Waals surface area contributed by atoms with E-state index in [9.17, 15) is 5.26 Å². The van der Waals surface area contributed by atoms with E-state index >= 15 is 0 Å². The molecule has 1 aliphatic heterocycles. The Morgan fingerprint density at radius 2 is 0.809 bits per heavy atom. The highest BCUT2D eigenvalue weighted by atomic mass is 31.3. The van der Waals surface area contributed by atoms with Crippen LogP contribution in [0.5, 0.6) is 28.7 Å². The van der Waals surface area contributed by atoms with Crippen molar-refractivity contribution in [1.82, 2.24) is 4.67 Å². The van der Waals surface area contributed by atoms with Crippen molar-refractivity contribution in [2.75, 3.05) is 13.6 Å². The predicted octanol–water partition coefficient (Wildman–Crippen LogP) is 11.1. The molecule has 0 spiro atoms. The predicted molar refractivity (Wildman–Crippen MR) is 186 cm³/mol. The molecule has 0 radical (unpaired) electrons. The van der Waals surface area contributed by atoms with Crippen molar-refractivity contribution < 1.29 is 22.6 Å². The molecule has 0 N–H and O–H groups in total. The molecular weight excluding hydrogens is 651 g/mol. The Kier molecular flexibility index (Phi) is 10.1. The van der Waals surface area contributed by atoms with Gasteiger partial charge in [0.15, 0.2) is 0 Å². The van der Waals surface area contributed by atoms with Gasteiger partial charge in [0.2, 0.25) is 0 Å². The minimum Gasteiger partial charge on any atom is -0.430 e. The van der Waals surface area contributed by atoms with Gasteiger partial charge in [-0.15, -0.1) is 9.03 Å². The first kappa shape index (κ1) is 32.2. The summed E-state index contributed by atoms with van der Waals surface area (Å²) in [7, 11) is -9.41. The maximum absolute atomic E-state index is 9.60. The van der Waals surface area contributed by atoms with E-state index < -0.39 is 22.9 Å². The van der Waals surface area contributed by atoms with E-state index in [1.807, 2.05) is 115 Å². The van der Waals surface area contributed by atoms with E-state index in [0.717, 1.165) is 0 Å². The number of hydrogen-bond donors (Lipinski definition) is 0. The van der Waals surface area contributed by atoms with Crippen LogP contribution in [0.15, 0.2) is 165 Å². The normalized spacial score (nSPS) is 17.5. The van der Waals surface area contributed by atoms with Crippen LogP contribution in [0, 0.1) is 11.3 Å². The Morgan fingerprint density at radius 3 is 1.15 bits per heavy atom. The molecule has 1 atom stereocenters. The second-order valence-electron chi connectivity index (χ2n) is 10.1. The topological polar surface area (TPSA) is 110 Å². The highest BCUT2D eigenvalue weighted by molar-refractivity contribution is 7.79. The van der Waals surface area contributed by atoms with Gasteiger partial charge in [-0.2, -0.15) is 5.26 Å². The van der Waals surface area contributed by atoms with Crippen molar-refractivity contribution in [3.05, 3.63) is 152 Å². The number of nitriles is 1. The maximum Gasteiger partial charge on any atom is 0.459 e. The van der Waals surface area contributed by atoms with Crippen LogP contribution in [0.4, 0.5) is 0 Å². The third-order valence-corrected chi connectivity index (χ3v) is 15.3. The lowest BCUT2D eigenvalue weighted by Gasteiger charge is -2.36. The lowest BCUT2D eigenvalue weighted by Crippen LogP contribution is -2.21. The molecule has 6 rings (SSSR count). The van der Waals surface area contributed by atoms with Gasteiger partial charge in [0, 0.05) is 13.0 Å². The third-order valence-electron chi connectivity index (χ3n) is 6.52. The highest BCUT2D eigenvalue weighted by Gasteiger charge is 2.48. The van der Waals surface area contributed by atoms with Crippen LogP contribution in [0.25, 0.3) is 0 Å². The summed E-state index contributed by atoms with van der Waals surface area (Å²) in [6.45, 7) is 0.275. The van der Waals surface area contributed by atoms with Gasteiger partial charge in [-0.25, -0.2) is 4.67 Å². The average Bonchev–Trinajstić information content (AvgIpc) is 3.09. The standard InChI is InChI=1S/C34H32N5O5P3/c1-39(29-17-28-35)45(40-30-18-7-2-8-19-30)36-46(41-31-20-9-3-10-21-31,42-32-22-11-4-12-23-32)38-47(37-45,43-33-24-13-5-14-25-33)44-34-26-15-6-16-27-34/h2-16,18-27H,17,29H2,1H3. The quantitative estimate of drug-likeness (QED) is 0.114. The van der Waals surface area contributed by atoms with Crippen LogP contribution in [-0.4, -0.2) is 18.3 Å². The van der Waals surface area contributed by atoms with Crippen LogP contribution in [0.3, 0.4) is 0 Å². The fourth-order valence-electron chi connectivity index (χ4n) is 4.36. The van der Waals surface area contributed by atoms with Crippen LogP contribution >= 0.6 is 22.9 Å². The second kappa shape index (κ2) is 14.8. The molecule has 0 fully saturated rings. The molecular formula is C34H32N5O5P3. The van der Waals surface area contributed by atoms with Crippen molar-refractivity contribution in [3.63, 3.8) is 0 Å². The van der Waals surface area contributed by atoms with Gasteiger partial charge >= 0.3 is 22.9 Å². The molecule has 5 aromatic rings. The molecule has 0 aliphatic carbocycles. The van der Waals surface area contributed by atoms with Crippen molar-refractivity contribution in [2.24, 2.45) is 13.5 Å². The summed E-state index contributed by atoms with van der Waals surface area (Å²) in [4.78, 5) is 0. The molecule has 1 unspecified atom stereocenters. The minimum absolute atomic E-state index is 0.188. The molecule has 238 valence electrons. The molecule has 1 heterocycles. The van der Waals surface area contributed by atoms with Crippen molar-refractivity contribution in [2.45, 2.75) is 6.42 Å². The number of benzene rings is 5. The zero-order valence-corrected chi connectivity index (χ0v) is 28.2. The number of nitrogens with zero attached hydrogens (tertiary/aromatic N) is 5. The van der Waals surface area contributed by atoms with Crippen molar-refractivity contribution >= 4 is 22.9 Å². The van der Waals surface area contributed by atoms with Crippen LogP contribution in [0.2, 0.25) is 0 Å². The van der Waals surface area contributed by atoms with Gasteiger partial charge in [0.25, 0.3) is 0 Å². The molecule has 0 saturated heterocycles. The Balaban J connectivity index is 1.69. The van der Waals surface area contributed by atoms with E-state index in [-0.39, 0.29) is 13.0 Å².